The first-order chi connectivity index (χ1) is 8.31. The van der Waals surface area contributed by atoms with Crippen molar-refractivity contribution in [3.8, 4) is 0 Å². The normalized spacial score (nSPS) is 23.1. The first-order valence-corrected chi connectivity index (χ1v) is 6.02. The van der Waals surface area contributed by atoms with Gasteiger partial charge < -0.3 is 15.6 Å². The van der Waals surface area contributed by atoms with Gasteiger partial charge in [0.1, 0.15) is 5.60 Å². The van der Waals surface area contributed by atoms with Crippen molar-refractivity contribution in [2.75, 3.05) is 0 Å². The fourth-order valence-electron chi connectivity index (χ4n) is 2.01. The van der Waals surface area contributed by atoms with Gasteiger partial charge in [0.2, 0.25) is 5.78 Å². The molecule has 0 bridgehead atoms. The largest absolute Gasteiger partial charge is 0.444 e. The van der Waals surface area contributed by atoms with Gasteiger partial charge in [-0.15, -0.1) is 0 Å². The Hall–Kier alpha value is -1.68. The van der Waals surface area contributed by atoms with Gasteiger partial charge in [0, 0.05) is 12.0 Å². The van der Waals surface area contributed by atoms with E-state index in [2.05, 4.69) is 10.1 Å². The number of nitrogens with zero attached hydrogens (tertiary/aromatic N) is 2. The standard InChI is InChI=1S/C12H19N3O3/c1-12(2,3)18-11(17)15-9-5-4-8(6-9)10(16)7-14-13/h7-9H,4-6H2,1-3H3,(H,15,17)/t8-,9+/m0/s1. The van der Waals surface area contributed by atoms with Gasteiger partial charge in [-0.05, 0) is 40.0 Å². The lowest BCUT2D eigenvalue weighted by Gasteiger charge is -2.21. The second-order valence-corrected chi connectivity index (χ2v) is 5.50. The molecule has 6 heteroatoms. The molecule has 0 aromatic heterocycles. The summed E-state index contributed by atoms with van der Waals surface area (Å²) in [4.78, 5) is 25.7. The third-order valence-electron chi connectivity index (χ3n) is 2.74. The Morgan fingerprint density at radius 3 is 2.61 bits per heavy atom. The van der Waals surface area contributed by atoms with E-state index >= 15 is 0 Å². The molecule has 100 valence electrons. The summed E-state index contributed by atoms with van der Waals surface area (Å²) in [6, 6.07) is -0.0547. The summed E-state index contributed by atoms with van der Waals surface area (Å²) in [5, 5.41) is 2.74. The van der Waals surface area contributed by atoms with E-state index < -0.39 is 11.7 Å². The number of alkyl carbamates (subject to hydrolysis) is 1. The number of Topliss-reactive ketones (excluding diaryl/α,β-unsaturated/α-hetero) is 1. The third kappa shape index (κ3) is 4.67. The molecule has 0 spiro atoms. The number of amides is 1. The number of nitrogens with one attached hydrogen (secondary N) is 1. The number of ketones is 1. The fourth-order valence-corrected chi connectivity index (χ4v) is 2.01. The van der Waals surface area contributed by atoms with E-state index in [0.717, 1.165) is 12.6 Å². The number of carbonyl (C=O) groups excluding carboxylic acids is 2. The first kappa shape index (κ1) is 14.4. The van der Waals surface area contributed by atoms with Gasteiger partial charge in [-0.3, -0.25) is 4.79 Å². The van der Waals surface area contributed by atoms with Crippen LogP contribution in [0.25, 0.3) is 5.53 Å². The fraction of sp³-hybridized carbons (Fsp3) is 0.750. The summed E-state index contributed by atoms with van der Waals surface area (Å²) in [6.07, 6.45) is 2.43. The van der Waals surface area contributed by atoms with E-state index in [1.165, 1.54) is 0 Å². The Labute approximate surface area is 106 Å². The molecule has 0 aromatic rings. The van der Waals surface area contributed by atoms with E-state index in [1.807, 2.05) is 0 Å². The Balaban J connectivity index is 2.41. The topological polar surface area (TPSA) is 91.8 Å². The Morgan fingerprint density at radius 2 is 2.06 bits per heavy atom. The highest BCUT2D eigenvalue weighted by Crippen LogP contribution is 2.26. The van der Waals surface area contributed by atoms with Crippen molar-refractivity contribution in [3.63, 3.8) is 0 Å². The second kappa shape index (κ2) is 5.78. The van der Waals surface area contributed by atoms with Crippen molar-refractivity contribution in [1.82, 2.24) is 5.32 Å². The summed E-state index contributed by atoms with van der Waals surface area (Å²) < 4.78 is 5.14. The van der Waals surface area contributed by atoms with Crippen LogP contribution >= 0.6 is 0 Å². The Morgan fingerprint density at radius 1 is 1.39 bits per heavy atom. The predicted molar refractivity (Wildman–Crippen MR) is 65.2 cm³/mol. The molecule has 1 aliphatic rings. The summed E-state index contributed by atoms with van der Waals surface area (Å²) in [6.45, 7) is 5.39. The van der Waals surface area contributed by atoms with E-state index in [1.54, 1.807) is 20.8 Å². The summed E-state index contributed by atoms with van der Waals surface area (Å²) in [7, 11) is 0. The van der Waals surface area contributed by atoms with Crippen LogP contribution in [0.2, 0.25) is 0 Å². The van der Waals surface area contributed by atoms with Gasteiger partial charge in [0.25, 0.3) is 0 Å². The number of rotatable bonds is 3. The van der Waals surface area contributed by atoms with Crippen LogP contribution in [0, 0.1) is 5.92 Å². The molecule has 0 aliphatic heterocycles. The number of hydrogen-bond acceptors (Lipinski definition) is 3. The third-order valence-corrected chi connectivity index (χ3v) is 2.74. The number of carbonyl (C=O) groups is 2. The van der Waals surface area contributed by atoms with E-state index in [9.17, 15) is 9.59 Å². The van der Waals surface area contributed by atoms with Crippen molar-refractivity contribution in [2.45, 2.75) is 51.7 Å². The van der Waals surface area contributed by atoms with Crippen molar-refractivity contribution in [3.05, 3.63) is 5.53 Å². The summed E-state index contributed by atoms with van der Waals surface area (Å²) >= 11 is 0. The van der Waals surface area contributed by atoms with Crippen molar-refractivity contribution in [2.24, 2.45) is 5.92 Å². The van der Waals surface area contributed by atoms with Gasteiger partial charge in [0.15, 0.2) is 0 Å². The van der Waals surface area contributed by atoms with Crippen LogP contribution in [0.1, 0.15) is 40.0 Å². The van der Waals surface area contributed by atoms with Gasteiger partial charge in [-0.2, -0.15) is 4.79 Å². The summed E-state index contributed by atoms with van der Waals surface area (Å²) in [5.74, 6) is -0.383. The highest BCUT2D eigenvalue weighted by Gasteiger charge is 2.32. The van der Waals surface area contributed by atoms with Crippen molar-refractivity contribution < 1.29 is 19.1 Å². The van der Waals surface area contributed by atoms with E-state index in [-0.39, 0.29) is 17.7 Å². The lowest BCUT2D eigenvalue weighted by Crippen LogP contribution is -2.38. The van der Waals surface area contributed by atoms with Crippen molar-refractivity contribution >= 4 is 18.1 Å². The van der Waals surface area contributed by atoms with Crippen LogP contribution in [0.4, 0.5) is 4.79 Å². The van der Waals surface area contributed by atoms with Crippen LogP contribution in [-0.2, 0) is 9.53 Å². The van der Waals surface area contributed by atoms with Crippen LogP contribution in [0.5, 0.6) is 0 Å². The molecule has 0 saturated heterocycles. The molecule has 0 radical (unpaired) electrons. The molecule has 1 amide bonds. The molecular weight excluding hydrogens is 234 g/mol. The maximum absolute atomic E-state index is 11.5. The maximum atomic E-state index is 11.5. The zero-order valence-electron chi connectivity index (χ0n) is 11.0. The molecule has 1 saturated carbocycles. The van der Waals surface area contributed by atoms with Gasteiger partial charge in [-0.1, -0.05) is 0 Å². The zero-order chi connectivity index (χ0) is 13.8. The van der Waals surface area contributed by atoms with Crippen LogP contribution in [0.15, 0.2) is 0 Å². The smallest absolute Gasteiger partial charge is 0.407 e. The molecule has 1 fully saturated rings. The predicted octanol–water partition coefficient (Wildman–Crippen LogP) is 1.55. The number of hydrogen-bond donors (Lipinski definition) is 1. The van der Waals surface area contributed by atoms with Crippen LogP contribution < -0.4 is 5.32 Å². The highest BCUT2D eigenvalue weighted by atomic mass is 16.6. The maximum Gasteiger partial charge on any atom is 0.407 e. The molecule has 1 N–H and O–H groups in total. The van der Waals surface area contributed by atoms with Gasteiger partial charge in [0.05, 0.1) is 0 Å². The minimum Gasteiger partial charge on any atom is -0.444 e. The zero-order valence-corrected chi connectivity index (χ0v) is 11.0. The second-order valence-electron chi connectivity index (χ2n) is 5.50. The first-order valence-electron chi connectivity index (χ1n) is 6.02. The molecule has 0 unspecified atom stereocenters. The molecule has 6 nitrogen and oxygen atoms in total. The van der Waals surface area contributed by atoms with E-state index in [4.69, 9.17) is 10.3 Å². The number of ether oxygens (including phenoxy) is 1. The molecule has 0 heterocycles. The summed E-state index contributed by atoms with van der Waals surface area (Å²) in [5.41, 5.74) is 7.77. The molecule has 1 rings (SSSR count). The Bertz CT molecular complexity index is 381. The van der Waals surface area contributed by atoms with Crippen molar-refractivity contribution in [1.29, 1.82) is 0 Å². The SMILES string of the molecule is CC(C)(C)OC(=O)N[C@@H]1CC[C@H](C(=O)C=[N+]=[N-])C1. The Kier molecular flexibility index (Phi) is 4.62. The molecular formula is C12H19N3O3. The van der Waals surface area contributed by atoms with Crippen LogP contribution in [-0.4, -0.2) is 34.5 Å². The lowest BCUT2D eigenvalue weighted by atomic mass is 10.0. The molecule has 18 heavy (non-hydrogen) atoms. The highest BCUT2D eigenvalue weighted by molar-refractivity contribution is 6.26. The molecule has 1 aliphatic carbocycles. The monoisotopic (exact) mass is 253 g/mol. The molecule has 2 atom stereocenters. The van der Waals surface area contributed by atoms with Gasteiger partial charge >= 0.3 is 12.3 Å². The molecule has 0 aromatic carbocycles. The minimum atomic E-state index is -0.526. The average Bonchev–Trinajstić information content (AvgIpc) is 2.63. The average molecular weight is 253 g/mol. The van der Waals surface area contributed by atoms with E-state index in [0.29, 0.717) is 12.8 Å². The van der Waals surface area contributed by atoms with Crippen LogP contribution in [0.3, 0.4) is 0 Å². The lowest BCUT2D eigenvalue weighted by molar-refractivity contribution is -0.119. The van der Waals surface area contributed by atoms with Gasteiger partial charge in [-0.25, -0.2) is 4.79 Å². The quantitative estimate of drug-likeness (QED) is 0.470. The minimum absolute atomic E-state index is 0.0547.